The van der Waals surface area contributed by atoms with Crippen LogP contribution in [0.2, 0.25) is 0 Å². The molecule has 7 heteroatoms. The van der Waals surface area contributed by atoms with Crippen LogP contribution < -0.4 is 4.90 Å². The van der Waals surface area contributed by atoms with E-state index < -0.39 is 0 Å². The Hall–Kier alpha value is -2.15. The number of amides is 2. The highest BCUT2D eigenvalue weighted by Crippen LogP contribution is 2.18. The third-order valence-electron chi connectivity index (χ3n) is 5.17. The van der Waals surface area contributed by atoms with Gasteiger partial charge in [0.25, 0.3) is 5.91 Å². The van der Waals surface area contributed by atoms with Crippen LogP contribution in [0.4, 0.5) is 5.69 Å². The molecule has 3 rings (SSSR count). The molecule has 0 unspecified atom stereocenters. The molecule has 0 aromatic carbocycles. The van der Waals surface area contributed by atoms with Crippen molar-refractivity contribution in [1.82, 2.24) is 19.7 Å². The second-order valence-electron chi connectivity index (χ2n) is 6.65. The van der Waals surface area contributed by atoms with Crippen molar-refractivity contribution in [1.29, 1.82) is 0 Å². The molecule has 0 N–H and O–H groups in total. The molecule has 3 heterocycles. The molecule has 136 valence electrons. The molecule has 2 aliphatic rings. The molecule has 0 radical (unpaired) electrons. The van der Waals surface area contributed by atoms with Gasteiger partial charge in [-0.2, -0.15) is 0 Å². The predicted molar refractivity (Wildman–Crippen MR) is 96.7 cm³/mol. The zero-order valence-electron chi connectivity index (χ0n) is 15.1. The van der Waals surface area contributed by atoms with Crippen LogP contribution in [-0.4, -0.2) is 90.4 Å². The van der Waals surface area contributed by atoms with Crippen LogP contribution in [0.1, 0.15) is 24.2 Å². The summed E-state index contributed by atoms with van der Waals surface area (Å²) in [7, 11) is 0. The molecular formula is C18H27N5O2. The molecule has 1 aromatic rings. The number of nitrogens with zero attached hydrogens (tertiary/aromatic N) is 5. The van der Waals surface area contributed by atoms with Gasteiger partial charge < -0.3 is 19.6 Å². The highest BCUT2D eigenvalue weighted by atomic mass is 16.2. The molecular weight excluding hydrogens is 318 g/mol. The lowest BCUT2D eigenvalue weighted by Gasteiger charge is -2.36. The minimum atomic E-state index is 0.00439. The first-order valence-corrected chi connectivity index (χ1v) is 9.05. The molecule has 0 aliphatic carbocycles. The van der Waals surface area contributed by atoms with Crippen LogP contribution in [0.5, 0.6) is 0 Å². The molecule has 7 nitrogen and oxygen atoms in total. The molecule has 2 aliphatic heterocycles. The fraction of sp³-hybridized carbons (Fsp3) is 0.611. The SMILES string of the molecule is CCN1CCN(c2cncc(C(=O)N3CCN(C(C)=O)CC3)c2)CC1. The number of hydrogen-bond donors (Lipinski definition) is 0. The molecule has 2 saturated heterocycles. The third kappa shape index (κ3) is 4.10. The van der Waals surface area contributed by atoms with Crippen molar-refractivity contribution in [3.05, 3.63) is 24.0 Å². The minimum Gasteiger partial charge on any atom is -0.368 e. The van der Waals surface area contributed by atoms with Crippen molar-refractivity contribution >= 4 is 17.5 Å². The maximum atomic E-state index is 12.8. The number of hydrogen-bond acceptors (Lipinski definition) is 5. The van der Waals surface area contributed by atoms with E-state index in [2.05, 4.69) is 21.7 Å². The summed E-state index contributed by atoms with van der Waals surface area (Å²) >= 11 is 0. The maximum absolute atomic E-state index is 12.8. The van der Waals surface area contributed by atoms with E-state index in [0.717, 1.165) is 38.4 Å². The van der Waals surface area contributed by atoms with Gasteiger partial charge >= 0.3 is 0 Å². The standard InChI is InChI=1S/C18H27N5O2/c1-3-20-4-6-22(7-5-20)17-12-16(13-19-14-17)18(25)23-10-8-21(9-11-23)15(2)24/h12-14H,3-11H2,1-2H3. The normalized spacial score (nSPS) is 19.2. The molecule has 25 heavy (non-hydrogen) atoms. The van der Waals surface area contributed by atoms with Gasteiger partial charge in [0.2, 0.25) is 5.91 Å². The summed E-state index contributed by atoms with van der Waals surface area (Å²) in [4.78, 5) is 36.8. The molecule has 0 spiro atoms. The van der Waals surface area contributed by atoms with Crippen molar-refractivity contribution in [2.45, 2.75) is 13.8 Å². The van der Waals surface area contributed by atoms with Crippen molar-refractivity contribution in [2.75, 3.05) is 63.8 Å². The van der Waals surface area contributed by atoms with Gasteiger partial charge in [-0.1, -0.05) is 6.92 Å². The summed E-state index contributed by atoms with van der Waals surface area (Å²) in [6.07, 6.45) is 3.48. The molecule has 0 saturated carbocycles. The van der Waals surface area contributed by atoms with Crippen molar-refractivity contribution in [3.8, 4) is 0 Å². The quantitative estimate of drug-likeness (QED) is 0.800. The average molecular weight is 345 g/mol. The van der Waals surface area contributed by atoms with E-state index in [-0.39, 0.29) is 11.8 Å². The summed E-state index contributed by atoms with van der Waals surface area (Å²) in [6.45, 7) is 11.2. The van der Waals surface area contributed by atoms with E-state index in [4.69, 9.17) is 0 Å². The topological polar surface area (TPSA) is 60.0 Å². The number of rotatable bonds is 3. The van der Waals surface area contributed by atoms with Gasteiger partial charge in [0.15, 0.2) is 0 Å². The number of anilines is 1. The fourth-order valence-electron chi connectivity index (χ4n) is 3.45. The Morgan fingerprint density at radius 1 is 0.960 bits per heavy atom. The Morgan fingerprint density at radius 2 is 1.60 bits per heavy atom. The van der Waals surface area contributed by atoms with Gasteiger partial charge in [0, 0.05) is 65.5 Å². The largest absolute Gasteiger partial charge is 0.368 e. The van der Waals surface area contributed by atoms with E-state index >= 15 is 0 Å². The number of likely N-dealkylation sites (N-methyl/N-ethyl adjacent to an activating group) is 1. The Balaban J connectivity index is 1.63. The van der Waals surface area contributed by atoms with Gasteiger partial charge in [-0.3, -0.25) is 14.6 Å². The highest BCUT2D eigenvalue weighted by molar-refractivity contribution is 5.95. The van der Waals surface area contributed by atoms with E-state index in [1.54, 1.807) is 18.0 Å². The third-order valence-corrected chi connectivity index (χ3v) is 5.17. The average Bonchev–Trinajstić information content (AvgIpc) is 2.67. The lowest BCUT2D eigenvalue weighted by atomic mass is 10.2. The van der Waals surface area contributed by atoms with Gasteiger partial charge in [-0.15, -0.1) is 0 Å². The number of pyridine rings is 1. The Bertz CT molecular complexity index is 620. The Morgan fingerprint density at radius 3 is 2.20 bits per heavy atom. The summed E-state index contributed by atoms with van der Waals surface area (Å²) in [5.74, 6) is 0.0757. The molecule has 2 fully saturated rings. The van der Waals surface area contributed by atoms with Crippen LogP contribution in [-0.2, 0) is 4.79 Å². The van der Waals surface area contributed by atoms with Crippen LogP contribution >= 0.6 is 0 Å². The zero-order chi connectivity index (χ0) is 17.8. The van der Waals surface area contributed by atoms with Crippen molar-refractivity contribution < 1.29 is 9.59 Å². The summed E-state index contributed by atoms with van der Waals surface area (Å²) < 4.78 is 0. The summed E-state index contributed by atoms with van der Waals surface area (Å²) in [5.41, 5.74) is 1.65. The smallest absolute Gasteiger partial charge is 0.255 e. The lowest BCUT2D eigenvalue weighted by Crippen LogP contribution is -2.50. The second kappa shape index (κ2) is 7.82. The Labute approximate surface area is 149 Å². The molecule has 0 atom stereocenters. The van der Waals surface area contributed by atoms with E-state index in [0.29, 0.717) is 31.7 Å². The van der Waals surface area contributed by atoms with Gasteiger partial charge in [0.05, 0.1) is 17.4 Å². The first kappa shape index (κ1) is 17.7. The first-order chi connectivity index (χ1) is 12.1. The monoisotopic (exact) mass is 345 g/mol. The molecule has 0 bridgehead atoms. The summed E-state index contributed by atoms with van der Waals surface area (Å²) in [5, 5.41) is 0. The van der Waals surface area contributed by atoms with Crippen molar-refractivity contribution in [2.24, 2.45) is 0 Å². The van der Waals surface area contributed by atoms with Gasteiger partial charge in [-0.25, -0.2) is 0 Å². The number of aromatic nitrogens is 1. The van der Waals surface area contributed by atoms with Crippen LogP contribution in [0, 0.1) is 0 Å². The lowest BCUT2D eigenvalue weighted by molar-refractivity contribution is -0.130. The van der Waals surface area contributed by atoms with E-state index in [1.165, 1.54) is 0 Å². The van der Waals surface area contributed by atoms with Crippen LogP contribution in [0.15, 0.2) is 18.5 Å². The van der Waals surface area contributed by atoms with E-state index in [1.807, 2.05) is 17.2 Å². The fourth-order valence-corrected chi connectivity index (χ4v) is 3.45. The van der Waals surface area contributed by atoms with Crippen LogP contribution in [0.25, 0.3) is 0 Å². The Kier molecular flexibility index (Phi) is 5.53. The highest BCUT2D eigenvalue weighted by Gasteiger charge is 2.24. The predicted octanol–water partition coefficient (Wildman–Crippen LogP) is 0.528. The second-order valence-corrected chi connectivity index (χ2v) is 6.65. The van der Waals surface area contributed by atoms with E-state index in [9.17, 15) is 9.59 Å². The first-order valence-electron chi connectivity index (χ1n) is 9.05. The van der Waals surface area contributed by atoms with Gasteiger partial charge in [0.1, 0.15) is 0 Å². The van der Waals surface area contributed by atoms with Crippen molar-refractivity contribution in [3.63, 3.8) is 0 Å². The summed E-state index contributed by atoms with van der Waals surface area (Å²) in [6, 6.07) is 1.95. The van der Waals surface area contributed by atoms with Gasteiger partial charge in [-0.05, 0) is 12.6 Å². The molecule has 1 aromatic heterocycles. The zero-order valence-corrected chi connectivity index (χ0v) is 15.1. The number of piperazine rings is 2. The molecule has 2 amide bonds. The van der Waals surface area contributed by atoms with Crippen LogP contribution in [0.3, 0.4) is 0 Å². The number of carbonyl (C=O) groups excluding carboxylic acids is 2. The minimum absolute atomic E-state index is 0.00439. The maximum Gasteiger partial charge on any atom is 0.255 e. The number of carbonyl (C=O) groups is 2.